The number of pyridine rings is 1. The molecule has 1 aromatic heterocycles. The van der Waals surface area contributed by atoms with Crippen molar-refractivity contribution in [3.63, 3.8) is 0 Å². The van der Waals surface area contributed by atoms with Crippen molar-refractivity contribution in [3.05, 3.63) is 65.9 Å². The molecule has 3 nitrogen and oxygen atoms in total. The number of anilines is 2. The Kier molecular flexibility index (Phi) is 4.15. The number of hydrogen-bond acceptors (Lipinski definition) is 3. The summed E-state index contributed by atoms with van der Waals surface area (Å²) in [7, 11) is 1.80. The van der Waals surface area contributed by atoms with E-state index in [4.69, 9.17) is 5.73 Å². The molecule has 124 valence electrons. The van der Waals surface area contributed by atoms with Gasteiger partial charge in [0.05, 0.1) is 16.8 Å². The van der Waals surface area contributed by atoms with Gasteiger partial charge in [-0.3, -0.25) is 4.98 Å². The van der Waals surface area contributed by atoms with Crippen molar-refractivity contribution in [1.29, 1.82) is 0 Å². The maximum atomic E-state index is 12.7. The maximum Gasteiger partial charge on any atom is 0.416 e. The van der Waals surface area contributed by atoms with E-state index in [1.807, 2.05) is 29.2 Å². The zero-order chi connectivity index (χ0) is 17.3. The van der Waals surface area contributed by atoms with Crippen LogP contribution in [0.4, 0.5) is 24.5 Å². The highest BCUT2D eigenvalue weighted by atomic mass is 19.4. The Labute approximate surface area is 137 Å². The second-order valence-corrected chi connectivity index (χ2v) is 5.45. The molecular formula is C18H16F3N3. The number of halogens is 3. The minimum atomic E-state index is -4.34. The third-order valence-corrected chi connectivity index (χ3v) is 4.00. The van der Waals surface area contributed by atoms with Crippen molar-refractivity contribution in [2.24, 2.45) is 5.73 Å². The Morgan fingerprint density at radius 3 is 2.38 bits per heavy atom. The molecule has 0 radical (unpaired) electrons. The molecule has 2 N–H and O–H groups in total. The molecule has 0 fully saturated rings. The molecule has 3 aromatic rings. The van der Waals surface area contributed by atoms with Gasteiger partial charge in [0.25, 0.3) is 0 Å². The van der Waals surface area contributed by atoms with Gasteiger partial charge in [0.2, 0.25) is 0 Å². The van der Waals surface area contributed by atoms with Crippen LogP contribution < -0.4 is 10.6 Å². The molecule has 0 aliphatic carbocycles. The summed E-state index contributed by atoms with van der Waals surface area (Å²) in [6, 6.07) is 12.6. The Hall–Kier alpha value is -2.60. The molecule has 0 saturated heterocycles. The van der Waals surface area contributed by atoms with E-state index in [9.17, 15) is 13.2 Å². The van der Waals surface area contributed by atoms with Gasteiger partial charge in [-0.05, 0) is 42.0 Å². The number of alkyl halides is 3. The van der Waals surface area contributed by atoms with E-state index in [0.29, 0.717) is 12.2 Å². The molecule has 0 aliphatic heterocycles. The summed E-state index contributed by atoms with van der Waals surface area (Å²) in [6.45, 7) is 0.395. The largest absolute Gasteiger partial charge is 0.416 e. The smallest absolute Gasteiger partial charge is 0.343 e. The minimum Gasteiger partial charge on any atom is -0.343 e. The Morgan fingerprint density at radius 2 is 1.75 bits per heavy atom. The first-order chi connectivity index (χ1) is 11.4. The first kappa shape index (κ1) is 16.3. The summed E-state index contributed by atoms with van der Waals surface area (Å²) in [5.41, 5.74) is 8.29. The van der Waals surface area contributed by atoms with Crippen LogP contribution in [0.1, 0.15) is 11.1 Å². The SMILES string of the molecule is CN(c1ccc(C(F)(F)F)cc1)c1ccc(CN)c2cccnc12. The molecule has 24 heavy (non-hydrogen) atoms. The Bertz CT molecular complexity index is 858. The van der Waals surface area contributed by atoms with Gasteiger partial charge in [-0.1, -0.05) is 12.1 Å². The first-order valence-corrected chi connectivity index (χ1v) is 7.39. The van der Waals surface area contributed by atoms with Gasteiger partial charge < -0.3 is 10.6 Å². The lowest BCUT2D eigenvalue weighted by molar-refractivity contribution is -0.137. The van der Waals surface area contributed by atoms with Gasteiger partial charge >= 0.3 is 6.18 Å². The number of nitrogens with zero attached hydrogens (tertiary/aromatic N) is 2. The molecule has 0 saturated carbocycles. The van der Waals surface area contributed by atoms with Crippen molar-refractivity contribution in [2.75, 3.05) is 11.9 Å². The van der Waals surface area contributed by atoms with Crippen LogP contribution in [-0.4, -0.2) is 12.0 Å². The Balaban J connectivity index is 2.04. The van der Waals surface area contributed by atoms with Crippen LogP contribution >= 0.6 is 0 Å². The summed E-state index contributed by atoms with van der Waals surface area (Å²) < 4.78 is 38.1. The summed E-state index contributed by atoms with van der Waals surface area (Å²) in [5.74, 6) is 0. The predicted octanol–water partition coefficient (Wildman–Crippen LogP) is 4.48. The second-order valence-electron chi connectivity index (χ2n) is 5.45. The molecule has 0 amide bonds. The topological polar surface area (TPSA) is 42.1 Å². The molecule has 0 spiro atoms. The predicted molar refractivity (Wildman–Crippen MR) is 89.1 cm³/mol. The van der Waals surface area contributed by atoms with Crippen LogP contribution in [0.15, 0.2) is 54.7 Å². The lowest BCUT2D eigenvalue weighted by Crippen LogP contribution is -2.12. The van der Waals surface area contributed by atoms with Gasteiger partial charge in [-0.2, -0.15) is 13.2 Å². The van der Waals surface area contributed by atoms with Crippen molar-refractivity contribution in [2.45, 2.75) is 12.7 Å². The zero-order valence-corrected chi connectivity index (χ0v) is 13.0. The van der Waals surface area contributed by atoms with Gasteiger partial charge in [0.1, 0.15) is 0 Å². The number of nitrogens with two attached hydrogens (primary N) is 1. The van der Waals surface area contributed by atoms with E-state index in [2.05, 4.69) is 4.98 Å². The molecule has 0 unspecified atom stereocenters. The maximum absolute atomic E-state index is 12.7. The fraction of sp³-hybridized carbons (Fsp3) is 0.167. The third-order valence-electron chi connectivity index (χ3n) is 4.00. The fourth-order valence-corrected chi connectivity index (χ4v) is 2.68. The summed E-state index contributed by atoms with van der Waals surface area (Å²) in [6.07, 6.45) is -2.65. The van der Waals surface area contributed by atoms with E-state index in [-0.39, 0.29) is 0 Å². The number of fused-ring (bicyclic) bond motifs is 1. The van der Waals surface area contributed by atoms with E-state index < -0.39 is 11.7 Å². The van der Waals surface area contributed by atoms with Crippen LogP contribution in [0.2, 0.25) is 0 Å². The van der Waals surface area contributed by atoms with E-state index in [0.717, 1.165) is 34.3 Å². The average Bonchev–Trinajstić information content (AvgIpc) is 2.59. The third kappa shape index (κ3) is 2.92. The summed E-state index contributed by atoms with van der Waals surface area (Å²) in [4.78, 5) is 6.23. The standard InChI is InChI=1S/C18H16F3N3/c1-24(14-7-5-13(6-8-14)18(19,20)21)16-9-4-12(11-22)15-3-2-10-23-17(15)16/h2-10H,11,22H2,1H3. The lowest BCUT2D eigenvalue weighted by atomic mass is 10.1. The fourth-order valence-electron chi connectivity index (χ4n) is 2.68. The van der Waals surface area contributed by atoms with E-state index in [1.54, 1.807) is 13.2 Å². The average molecular weight is 331 g/mol. The highest BCUT2D eigenvalue weighted by Gasteiger charge is 2.30. The van der Waals surface area contributed by atoms with Crippen LogP contribution in [0.5, 0.6) is 0 Å². The van der Waals surface area contributed by atoms with Crippen molar-refractivity contribution >= 4 is 22.3 Å². The van der Waals surface area contributed by atoms with Crippen LogP contribution in [-0.2, 0) is 12.7 Å². The second kappa shape index (κ2) is 6.13. The molecule has 0 atom stereocenters. The summed E-state index contributed by atoms with van der Waals surface area (Å²) >= 11 is 0. The van der Waals surface area contributed by atoms with Gasteiger partial charge in [-0.15, -0.1) is 0 Å². The van der Waals surface area contributed by atoms with Crippen molar-refractivity contribution in [3.8, 4) is 0 Å². The molecular weight excluding hydrogens is 315 g/mol. The summed E-state index contributed by atoms with van der Waals surface area (Å²) in [5, 5.41) is 0.941. The molecule has 2 aromatic carbocycles. The quantitative estimate of drug-likeness (QED) is 0.769. The highest BCUT2D eigenvalue weighted by Crippen LogP contribution is 2.34. The van der Waals surface area contributed by atoms with Crippen LogP contribution in [0, 0.1) is 0 Å². The minimum absolute atomic E-state index is 0.395. The molecule has 0 bridgehead atoms. The lowest BCUT2D eigenvalue weighted by Gasteiger charge is -2.22. The van der Waals surface area contributed by atoms with E-state index in [1.165, 1.54) is 12.1 Å². The van der Waals surface area contributed by atoms with Crippen LogP contribution in [0.25, 0.3) is 10.9 Å². The van der Waals surface area contributed by atoms with Crippen molar-refractivity contribution in [1.82, 2.24) is 4.98 Å². The Morgan fingerprint density at radius 1 is 1.04 bits per heavy atom. The monoisotopic (exact) mass is 331 g/mol. The molecule has 6 heteroatoms. The highest BCUT2D eigenvalue weighted by molar-refractivity contribution is 5.94. The molecule has 3 rings (SSSR count). The van der Waals surface area contributed by atoms with Gasteiger partial charge in [0.15, 0.2) is 0 Å². The number of benzene rings is 2. The normalized spacial score (nSPS) is 11.7. The first-order valence-electron chi connectivity index (χ1n) is 7.39. The van der Waals surface area contributed by atoms with Gasteiger partial charge in [0, 0.05) is 30.9 Å². The molecule has 0 aliphatic rings. The number of rotatable bonds is 3. The number of aromatic nitrogens is 1. The zero-order valence-electron chi connectivity index (χ0n) is 13.0. The van der Waals surface area contributed by atoms with Crippen LogP contribution in [0.3, 0.4) is 0 Å². The van der Waals surface area contributed by atoms with E-state index >= 15 is 0 Å². The van der Waals surface area contributed by atoms with Gasteiger partial charge in [-0.25, -0.2) is 0 Å². The number of hydrogen-bond donors (Lipinski definition) is 1. The van der Waals surface area contributed by atoms with Crippen molar-refractivity contribution < 1.29 is 13.2 Å². The molecule has 1 heterocycles.